The van der Waals surface area contributed by atoms with Crippen LogP contribution in [-0.4, -0.2) is 19.7 Å². The van der Waals surface area contributed by atoms with Crippen LogP contribution >= 0.6 is 0 Å². The minimum absolute atomic E-state index is 0.586. The number of para-hydroxylation sites is 1. The van der Waals surface area contributed by atoms with E-state index >= 15 is 0 Å². The normalized spacial score (nSPS) is 10.4. The first kappa shape index (κ1) is 10.5. The minimum atomic E-state index is 0.586. The Morgan fingerprint density at radius 2 is 1.83 bits per heavy atom. The lowest BCUT2D eigenvalue weighted by atomic mass is 10.2. The van der Waals surface area contributed by atoms with Crippen molar-refractivity contribution >= 4 is 5.69 Å². The first-order valence-corrected chi connectivity index (χ1v) is 5.52. The Labute approximate surface area is 104 Å². The van der Waals surface area contributed by atoms with Crippen molar-refractivity contribution in [2.45, 2.75) is 0 Å². The van der Waals surface area contributed by atoms with E-state index in [-0.39, 0.29) is 0 Å². The number of aromatic nitrogens is 4. The molecule has 3 aromatic rings. The smallest absolute Gasteiger partial charge is 0.189 e. The third-order valence-corrected chi connectivity index (χ3v) is 2.63. The molecule has 5 heteroatoms. The molecule has 2 N–H and O–H groups in total. The monoisotopic (exact) mass is 237 g/mol. The standard InChI is InChI=1S/C13H11N5/c14-11-7-4-8-15-12(11)13-17-16-9-18(13)10-5-2-1-3-6-10/h1-9H,14H2. The molecule has 0 fully saturated rings. The summed E-state index contributed by atoms with van der Waals surface area (Å²) in [4.78, 5) is 4.26. The molecule has 0 radical (unpaired) electrons. The van der Waals surface area contributed by atoms with Gasteiger partial charge in [-0.3, -0.25) is 9.55 Å². The van der Waals surface area contributed by atoms with Crippen molar-refractivity contribution in [3.05, 3.63) is 55.0 Å². The fraction of sp³-hybridized carbons (Fsp3) is 0. The highest BCUT2D eigenvalue weighted by Gasteiger charge is 2.12. The first-order chi connectivity index (χ1) is 8.86. The van der Waals surface area contributed by atoms with Gasteiger partial charge < -0.3 is 5.73 Å². The summed E-state index contributed by atoms with van der Waals surface area (Å²) in [6, 6.07) is 13.4. The summed E-state index contributed by atoms with van der Waals surface area (Å²) in [7, 11) is 0. The molecule has 0 amide bonds. The number of nitrogens with zero attached hydrogens (tertiary/aromatic N) is 4. The molecule has 0 aliphatic heterocycles. The van der Waals surface area contributed by atoms with E-state index in [0.29, 0.717) is 17.2 Å². The maximum absolute atomic E-state index is 5.92. The summed E-state index contributed by atoms with van der Waals surface area (Å²) in [6.45, 7) is 0. The molecule has 0 aliphatic carbocycles. The predicted octanol–water partition coefficient (Wildman–Crippen LogP) is 1.91. The number of benzene rings is 1. The molecule has 88 valence electrons. The molecular weight excluding hydrogens is 226 g/mol. The highest BCUT2D eigenvalue weighted by atomic mass is 15.3. The van der Waals surface area contributed by atoms with Gasteiger partial charge in [0.1, 0.15) is 12.0 Å². The molecule has 5 nitrogen and oxygen atoms in total. The van der Waals surface area contributed by atoms with Crippen molar-refractivity contribution in [3.63, 3.8) is 0 Å². The molecule has 0 spiro atoms. The molecule has 0 unspecified atom stereocenters. The topological polar surface area (TPSA) is 69.6 Å². The van der Waals surface area contributed by atoms with Crippen molar-refractivity contribution in [2.75, 3.05) is 5.73 Å². The van der Waals surface area contributed by atoms with E-state index in [0.717, 1.165) is 5.69 Å². The van der Waals surface area contributed by atoms with Crippen LogP contribution in [0.2, 0.25) is 0 Å². The molecule has 2 aromatic heterocycles. The summed E-state index contributed by atoms with van der Waals surface area (Å²) in [5.41, 5.74) is 8.11. The molecule has 1 aromatic carbocycles. The second-order valence-corrected chi connectivity index (χ2v) is 3.80. The Hall–Kier alpha value is -2.69. The number of rotatable bonds is 2. The van der Waals surface area contributed by atoms with Gasteiger partial charge in [0.05, 0.1) is 5.69 Å². The third-order valence-electron chi connectivity index (χ3n) is 2.63. The van der Waals surface area contributed by atoms with Gasteiger partial charge in [0.25, 0.3) is 0 Å². The highest BCUT2D eigenvalue weighted by molar-refractivity contribution is 5.68. The van der Waals surface area contributed by atoms with Crippen LogP contribution in [0, 0.1) is 0 Å². The van der Waals surface area contributed by atoms with Gasteiger partial charge in [-0.05, 0) is 24.3 Å². The number of hydrogen-bond acceptors (Lipinski definition) is 4. The van der Waals surface area contributed by atoms with Crippen LogP contribution in [0.1, 0.15) is 0 Å². The fourth-order valence-corrected chi connectivity index (χ4v) is 1.78. The number of nitrogen functional groups attached to an aromatic ring is 1. The van der Waals surface area contributed by atoms with E-state index in [9.17, 15) is 0 Å². The van der Waals surface area contributed by atoms with E-state index in [1.54, 1.807) is 24.7 Å². The number of anilines is 1. The lowest BCUT2D eigenvalue weighted by molar-refractivity contribution is 1.05. The quantitative estimate of drug-likeness (QED) is 0.739. The van der Waals surface area contributed by atoms with E-state index in [4.69, 9.17) is 5.73 Å². The minimum Gasteiger partial charge on any atom is -0.397 e. The number of nitrogens with two attached hydrogens (primary N) is 1. The van der Waals surface area contributed by atoms with Crippen molar-refractivity contribution in [1.82, 2.24) is 19.7 Å². The van der Waals surface area contributed by atoms with E-state index in [1.165, 1.54) is 0 Å². The lowest BCUT2D eigenvalue weighted by Gasteiger charge is -2.07. The second-order valence-electron chi connectivity index (χ2n) is 3.80. The van der Waals surface area contributed by atoms with Crippen LogP contribution in [0.3, 0.4) is 0 Å². The van der Waals surface area contributed by atoms with Gasteiger partial charge in [0.2, 0.25) is 0 Å². The fourth-order valence-electron chi connectivity index (χ4n) is 1.78. The summed E-state index contributed by atoms with van der Waals surface area (Å²) < 4.78 is 1.86. The average Bonchev–Trinajstić information content (AvgIpc) is 2.89. The SMILES string of the molecule is Nc1cccnc1-c1nncn1-c1ccccc1. The molecule has 0 saturated carbocycles. The van der Waals surface area contributed by atoms with Crippen LogP contribution < -0.4 is 5.73 Å². The zero-order valence-corrected chi connectivity index (χ0v) is 9.56. The number of hydrogen-bond donors (Lipinski definition) is 1. The molecular formula is C13H11N5. The third kappa shape index (κ3) is 1.71. The molecule has 18 heavy (non-hydrogen) atoms. The van der Waals surface area contributed by atoms with Gasteiger partial charge in [0, 0.05) is 11.9 Å². The van der Waals surface area contributed by atoms with E-state index in [2.05, 4.69) is 15.2 Å². The Kier molecular flexibility index (Phi) is 2.49. The van der Waals surface area contributed by atoms with E-state index < -0.39 is 0 Å². The zero-order chi connectivity index (χ0) is 12.4. The largest absolute Gasteiger partial charge is 0.397 e. The Bertz CT molecular complexity index is 660. The molecule has 0 atom stereocenters. The lowest BCUT2D eigenvalue weighted by Crippen LogP contribution is -2.00. The number of pyridine rings is 1. The van der Waals surface area contributed by atoms with Gasteiger partial charge in [0.15, 0.2) is 5.82 Å². The van der Waals surface area contributed by atoms with Gasteiger partial charge in [-0.1, -0.05) is 18.2 Å². The molecule has 0 bridgehead atoms. The molecule has 2 heterocycles. The summed E-state index contributed by atoms with van der Waals surface area (Å²) in [6.07, 6.45) is 3.34. The van der Waals surface area contributed by atoms with Crippen molar-refractivity contribution < 1.29 is 0 Å². The van der Waals surface area contributed by atoms with Gasteiger partial charge in [-0.2, -0.15) is 0 Å². The average molecular weight is 237 g/mol. The van der Waals surface area contributed by atoms with Crippen LogP contribution in [0.25, 0.3) is 17.2 Å². The van der Waals surface area contributed by atoms with Crippen LogP contribution in [-0.2, 0) is 0 Å². The molecule has 0 aliphatic rings. The second kappa shape index (κ2) is 4.29. The van der Waals surface area contributed by atoms with Gasteiger partial charge in [-0.25, -0.2) is 0 Å². The van der Waals surface area contributed by atoms with Crippen molar-refractivity contribution in [2.24, 2.45) is 0 Å². The van der Waals surface area contributed by atoms with Crippen LogP contribution in [0.15, 0.2) is 55.0 Å². The van der Waals surface area contributed by atoms with Crippen LogP contribution in [0.5, 0.6) is 0 Å². The molecule has 3 rings (SSSR count). The van der Waals surface area contributed by atoms with E-state index in [1.807, 2.05) is 34.9 Å². The van der Waals surface area contributed by atoms with Crippen LogP contribution in [0.4, 0.5) is 5.69 Å². The van der Waals surface area contributed by atoms with Crippen molar-refractivity contribution in [1.29, 1.82) is 0 Å². The van der Waals surface area contributed by atoms with Gasteiger partial charge in [-0.15, -0.1) is 10.2 Å². The predicted molar refractivity (Wildman–Crippen MR) is 69.0 cm³/mol. The van der Waals surface area contributed by atoms with Crippen molar-refractivity contribution in [3.8, 4) is 17.2 Å². The summed E-state index contributed by atoms with van der Waals surface area (Å²) >= 11 is 0. The maximum Gasteiger partial charge on any atom is 0.189 e. The summed E-state index contributed by atoms with van der Waals surface area (Å²) in [5.74, 6) is 0.638. The molecule has 0 saturated heterocycles. The maximum atomic E-state index is 5.92. The first-order valence-electron chi connectivity index (χ1n) is 5.52. The Morgan fingerprint density at radius 1 is 1.00 bits per heavy atom. The highest BCUT2D eigenvalue weighted by Crippen LogP contribution is 2.22. The Morgan fingerprint density at radius 3 is 2.61 bits per heavy atom. The van der Waals surface area contributed by atoms with Gasteiger partial charge >= 0.3 is 0 Å². The zero-order valence-electron chi connectivity index (χ0n) is 9.56. The summed E-state index contributed by atoms with van der Waals surface area (Å²) in [5, 5.41) is 8.03. The Balaban J connectivity index is 2.16.